The third-order valence-electron chi connectivity index (χ3n) is 3.09. The molecule has 0 bridgehead atoms. The second kappa shape index (κ2) is 4.71. The van der Waals surface area contributed by atoms with E-state index in [2.05, 4.69) is 10.1 Å². The highest BCUT2D eigenvalue weighted by atomic mass is 35.5. The standard InChI is InChI=1S/C13H9ClN4O3/c1-17-11(9(5-16-17)13(20)21)18-6-15-10-4-7(14)2-3-8(10)12(18)19/h2-6H,1H3,(H,20,21). The van der Waals surface area contributed by atoms with Crippen LogP contribution in [0.1, 0.15) is 10.4 Å². The Balaban J connectivity index is 2.35. The number of rotatable bonds is 2. The van der Waals surface area contributed by atoms with Gasteiger partial charge in [0, 0.05) is 12.1 Å². The van der Waals surface area contributed by atoms with Crippen LogP contribution in [0.25, 0.3) is 16.7 Å². The lowest BCUT2D eigenvalue weighted by atomic mass is 10.2. The van der Waals surface area contributed by atoms with Crippen molar-refractivity contribution in [2.45, 2.75) is 0 Å². The van der Waals surface area contributed by atoms with Crippen LogP contribution >= 0.6 is 11.6 Å². The van der Waals surface area contributed by atoms with Gasteiger partial charge in [0.05, 0.1) is 17.1 Å². The lowest BCUT2D eigenvalue weighted by Crippen LogP contribution is -2.23. The molecule has 0 fully saturated rings. The molecule has 0 saturated heterocycles. The fraction of sp³-hybridized carbons (Fsp3) is 0.0769. The first-order chi connectivity index (χ1) is 9.99. The van der Waals surface area contributed by atoms with E-state index in [1.807, 2.05) is 0 Å². The Morgan fingerprint density at radius 3 is 2.86 bits per heavy atom. The smallest absolute Gasteiger partial charge is 0.341 e. The SMILES string of the molecule is Cn1ncc(C(=O)O)c1-n1cnc2cc(Cl)ccc2c1=O. The van der Waals surface area contributed by atoms with E-state index >= 15 is 0 Å². The number of carbonyl (C=O) groups is 1. The molecule has 1 aromatic carbocycles. The van der Waals surface area contributed by atoms with Crippen LogP contribution in [0.5, 0.6) is 0 Å². The van der Waals surface area contributed by atoms with Crippen LogP contribution in [-0.2, 0) is 7.05 Å². The maximum Gasteiger partial charge on any atom is 0.341 e. The highest BCUT2D eigenvalue weighted by molar-refractivity contribution is 6.31. The number of halogens is 1. The summed E-state index contributed by atoms with van der Waals surface area (Å²) in [4.78, 5) is 27.9. The Labute approximate surface area is 123 Å². The molecule has 0 aliphatic rings. The van der Waals surface area contributed by atoms with Gasteiger partial charge in [-0.25, -0.2) is 14.3 Å². The normalized spacial score (nSPS) is 11.0. The van der Waals surface area contributed by atoms with Gasteiger partial charge < -0.3 is 5.11 Å². The van der Waals surface area contributed by atoms with Gasteiger partial charge in [0.25, 0.3) is 5.56 Å². The maximum absolute atomic E-state index is 12.5. The summed E-state index contributed by atoms with van der Waals surface area (Å²) in [6.45, 7) is 0. The lowest BCUT2D eigenvalue weighted by molar-refractivity contribution is 0.0697. The van der Waals surface area contributed by atoms with Gasteiger partial charge in [-0.2, -0.15) is 5.10 Å². The molecule has 21 heavy (non-hydrogen) atoms. The van der Waals surface area contributed by atoms with E-state index in [0.29, 0.717) is 15.9 Å². The first-order valence-corrected chi connectivity index (χ1v) is 6.29. The van der Waals surface area contributed by atoms with Gasteiger partial charge in [0.1, 0.15) is 11.9 Å². The van der Waals surface area contributed by atoms with Crippen molar-refractivity contribution in [3.8, 4) is 5.82 Å². The second-order valence-electron chi connectivity index (χ2n) is 4.39. The second-order valence-corrected chi connectivity index (χ2v) is 4.83. The maximum atomic E-state index is 12.5. The van der Waals surface area contributed by atoms with E-state index in [-0.39, 0.29) is 16.9 Å². The van der Waals surface area contributed by atoms with Crippen LogP contribution in [0.4, 0.5) is 0 Å². The molecule has 2 aromatic heterocycles. The Morgan fingerprint density at radius 2 is 2.14 bits per heavy atom. The first kappa shape index (κ1) is 13.3. The summed E-state index contributed by atoms with van der Waals surface area (Å²) < 4.78 is 2.47. The molecule has 0 radical (unpaired) electrons. The van der Waals surface area contributed by atoms with Crippen LogP contribution in [-0.4, -0.2) is 30.4 Å². The molecular formula is C13H9ClN4O3. The zero-order valence-electron chi connectivity index (χ0n) is 10.8. The predicted molar refractivity (Wildman–Crippen MR) is 76.1 cm³/mol. The third kappa shape index (κ3) is 2.07. The van der Waals surface area contributed by atoms with E-state index in [0.717, 1.165) is 4.57 Å². The summed E-state index contributed by atoms with van der Waals surface area (Å²) in [7, 11) is 1.56. The van der Waals surface area contributed by atoms with Crippen molar-refractivity contribution < 1.29 is 9.90 Å². The lowest BCUT2D eigenvalue weighted by Gasteiger charge is -2.08. The van der Waals surface area contributed by atoms with Crippen LogP contribution < -0.4 is 5.56 Å². The zero-order valence-corrected chi connectivity index (χ0v) is 11.6. The largest absolute Gasteiger partial charge is 0.477 e. The third-order valence-corrected chi connectivity index (χ3v) is 3.32. The Kier molecular flexibility index (Phi) is 2.99. The predicted octanol–water partition coefficient (Wildman–Crippen LogP) is 1.47. The number of aromatic carboxylic acids is 1. The van der Waals surface area contributed by atoms with Crippen molar-refractivity contribution in [1.29, 1.82) is 0 Å². The average Bonchev–Trinajstić information content (AvgIpc) is 2.81. The number of carboxylic acid groups (broad SMARTS) is 1. The molecule has 2 heterocycles. The van der Waals surface area contributed by atoms with Crippen molar-refractivity contribution >= 4 is 28.5 Å². The number of hydrogen-bond acceptors (Lipinski definition) is 4. The van der Waals surface area contributed by atoms with Crippen molar-refractivity contribution in [2.75, 3.05) is 0 Å². The van der Waals surface area contributed by atoms with E-state index in [9.17, 15) is 14.7 Å². The minimum Gasteiger partial charge on any atom is -0.477 e. The summed E-state index contributed by atoms with van der Waals surface area (Å²) in [6.07, 6.45) is 2.46. The average molecular weight is 305 g/mol. The molecule has 3 rings (SSSR count). The zero-order chi connectivity index (χ0) is 15.1. The minimum absolute atomic E-state index is 0.0743. The van der Waals surface area contributed by atoms with Crippen molar-refractivity contribution in [2.24, 2.45) is 7.05 Å². The summed E-state index contributed by atoms with van der Waals surface area (Å²) in [5.74, 6) is -1.02. The Bertz CT molecular complexity index is 929. The van der Waals surface area contributed by atoms with Crippen LogP contribution in [0.2, 0.25) is 5.02 Å². The number of hydrogen-bond donors (Lipinski definition) is 1. The van der Waals surface area contributed by atoms with E-state index in [4.69, 9.17) is 11.6 Å². The fourth-order valence-corrected chi connectivity index (χ4v) is 2.28. The van der Waals surface area contributed by atoms with Gasteiger partial charge in [0.2, 0.25) is 0 Å². The summed E-state index contributed by atoms with van der Waals surface area (Å²) in [5, 5.41) is 13.9. The number of benzene rings is 1. The van der Waals surface area contributed by atoms with Crippen molar-refractivity contribution in [3.05, 3.63) is 51.7 Å². The number of aryl methyl sites for hydroxylation is 1. The molecule has 0 amide bonds. The van der Waals surface area contributed by atoms with Crippen LogP contribution in [0.3, 0.4) is 0 Å². The summed E-state index contributed by atoms with van der Waals surface area (Å²) in [5.41, 5.74) is -0.0136. The highest BCUT2D eigenvalue weighted by Gasteiger charge is 2.18. The van der Waals surface area contributed by atoms with Gasteiger partial charge in [-0.15, -0.1) is 0 Å². The molecule has 0 atom stereocenters. The highest BCUT2D eigenvalue weighted by Crippen LogP contribution is 2.16. The summed E-state index contributed by atoms with van der Waals surface area (Å²) >= 11 is 5.86. The number of fused-ring (bicyclic) bond motifs is 1. The molecule has 3 aromatic rings. The quantitative estimate of drug-likeness (QED) is 0.774. The van der Waals surface area contributed by atoms with E-state index < -0.39 is 5.97 Å². The number of nitrogens with zero attached hydrogens (tertiary/aromatic N) is 4. The Morgan fingerprint density at radius 1 is 1.38 bits per heavy atom. The van der Waals surface area contributed by atoms with Crippen molar-refractivity contribution in [3.63, 3.8) is 0 Å². The molecule has 0 aliphatic heterocycles. The molecule has 8 heteroatoms. The van der Waals surface area contributed by atoms with Gasteiger partial charge in [-0.1, -0.05) is 11.6 Å². The van der Waals surface area contributed by atoms with Gasteiger partial charge in [0.15, 0.2) is 5.82 Å². The molecule has 0 unspecified atom stereocenters. The molecule has 1 N–H and O–H groups in total. The molecular weight excluding hydrogens is 296 g/mol. The van der Waals surface area contributed by atoms with E-state index in [1.165, 1.54) is 17.2 Å². The first-order valence-electron chi connectivity index (χ1n) is 5.91. The van der Waals surface area contributed by atoms with Gasteiger partial charge in [-0.05, 0) is 18.2 Å². The number of carboxylic acids is 1. The van der Waals surface area contributed by atoms with Crippen molar-refractivity contribution in [1.82, 2.24) is 19.3 Å². The van der Waals surface area contributed by atoms with Gasteiger partial charge in [-0.3, -0.25) is 9.48 Å². The summed E-state index contributed by atoms with van der Waals surface area (Å²) in [6, 6.07) is 4.71. The monoisotopic (exact) mass is 304 g/mol. The van der Waals surface area contributed by atoms with E-state index in [1.54, 1.807) is 25.2 Å². The topological polar surface area (TPSA) is 90.0 Å². The minimum atomic E-state index is -1.17. The molecule has 106 valence electrons. The fourth-order valence-electron chi connectivity index (χ4n) is 2.11. The van der Waals surface area contributed by atoms with Crippen LogP contribution in [0.15, 0.2) is 35.5 Å². The molecule has 0 spiro atoms. The molecule has 7 nitrogen and oxygen atoms in total. The number of aromatic nitrogens is 4. The Hall–Kier alpha value is -2.67. The molecule has 0 saturated carbocycles. The van der Waals surface area contributed by atoms with Crippen LogP contribution in [0, 0.1) is 0 Å². The molecule has 0 aliphatic carbocycles. The van der Waals surface area contributed by atoms with Gasteiger partial charge >= 0.3 is 5.97 Å².